The number of halogens is 1. The van der Waals surface area contributed by atoms with E-state index < -0.39 is 5.82 Å². The highest BCUT2D eigenvalue weighted by molar-refractivity contribution is 6.06. The zero-order valence-corrected chi connectivity index (χ0v) is 23.2. The van der Waals surface area contributed by atoms with E-state index in [9.17, 15) is 15.6 Å². The van der Waals surface area contributed by atoms with Crippen molar-refractivity contribution in [3.05, 3.63) is 59.4 Å². The minimum Gasteiger partial charge on any atom is -0.508 e. The van der Waals surface area contributed by atoms with Crippen LogP contribution < -0.4 is 15.5 Å². The molecule has 2 aliphatic heterocycles. The highest BCUT2D eigenvalue weighted by atomic mass is 19.1. The standard InChI is InChI=1S/C32H32FN7O/c1-38(2)22-17-40(18-22)32-27(15-35)29-26(31(37-32)39-11-9-21(36)16-39)13-20(7-5-10-34)28(30(29)33)25-14-23(41)12-19-6-3-4-8-24(19)25/h3-4,6,8,12-14,21-22,41H,5,7,9,11,16-18,36H2,1-2H3/t21-/m0/s1. The Kier molecular flexibility index (Phi) is 6.86. The molecular formula is C32H32FN7O. The SMILES string of the molecule is CN(C)C1CN(c2nc(N3CC[C@H](N)C3)c3cc(CCC#N)c(-c4cc(O)cc5ccccc45)c(F)c3c2C#N)C1. The van der Waals surface area contributed by atoms with Gasteiger partial charge in [-0.25, -0.2) is 9.37 Å². The average molecular weight is 550 g/mol. The van der Waals surface area contributed by atoms with Gasteiger partial charge in [-0.3, -0.25) is 0 Å². The molecule has 2 fully saturated rings. The van der Waals surface area contributed by atoms with Crippen molar-refractivity contribution >= 4 is 33.2 Å². The molecule has 0 radical (unpaired) electrons. The highest BCUT2D eigenvalue weighted by Gasteiger charge is 2.35. The summed E-state index contributed by atoms with van der Waals surface area (Å²) >= 11 is 0. The number of nitriles is 2. The van der Waals surface area contributed by atoms with Crippen LogP contribution in [0.5, 0.6) is 5.75 Å². The molecule has 2 aliphatic rings. The Balaban J connectivity index is 1.68. The van der Waals surface area contributed by atoms with Crippen LogP contribution in [-0.4, -0.2) is 67.3 Å². The summed E-state index contributed by atoms with van der Waals surface area (Å²) in [5, 5.41) is 32.8. The van der Waals surface area contributed by atoms with Gasteiger partial charge in [-0.15, -0.1) is 0 Å². The predicted octanol–water partition coefficient (Wildman–Crippen LogP) is 4.52. The van der Waals surface area contributed by atoms with Crippen molar-refractivity contribution in [1.29, 1.82) is 10.5 Å². The smallest absolute Gasteiger partial charge is 0.149 e. The molecule has 3 heterocycles. The molecule has 9 heteroatoms. The molecule has 0 saturated carbocycles. The van der Waals surface area contributed by atoms with Crippen molar-refractivity contribution in [3.63, 3.8) is 0 Å². The lowest BCUT2D eigenvalue weighted by molar-refractivity contribution is 0.246. The van der Waals surface area contributed by atoms with Crippen LogP contribution in [0.3, 0.4) is 0 Å². The van der Waals surface area contributed by atoms with Gasteiger partial charge < -0.3 is 25.5 Å². The first-order chi connectivity index (χ1) is 19.8. The van der Waals surface area contributed by atoms with E-state index in [1.807, 2.05) is 49.3 Å². The molecule has 0 bridgehead atoms. The van der Waals surface area contributed by atoms with E-state index in [0.29, 0.717) is 72.4 Å². The minimum absolute atomic E-state index is 0.0161. The van der Waals surface area contributed by atoms with Gasteiger partial charge in [0.05, 0.1) is 6.07 Å². The number of fused-ring (bicyclic) bond motifs is 2. The number of phenols is 1. The van der Waals surface area contributed by atoms with Gasteiger partial charge >= 0.3 is 0 Å². The summed E-state index contributed by atoms with van der Waals surface area (Å²) < 4.78 is 17.3. The first-order valence-corrected chi connectivity index (χ1v) is 13.9. The fourth-order valence-corrected chi connectivity index (χ4v) is 6.14. The third kappa shape index (κ3) is 4.58. The zero-order valence-electron chi connectivity index (χ0n) is 23.2. The van der Waals surface area contributed by atoms with Crippen molar-refractivity contribution < 1.29 is 9.50 Å². The fraction of sp³-hybridized carbons (Fsp3) is 0.344. The van der Waals surface area contributed by atoms with Crippen LogP contribution in [-0.2, 0) is 6.42 Å². The van der Waals surface area contributed by atoms with Gasteiger partial charge in [-0.1, -0.05) is 24.3 Å². The molecule has 0 unspecified atom stereocenters. The number of anilines is 2. The normalized spacial score (nSPS) is 17.3. The Morgan fingerprint density at radius 2 is 1.85 bits per heavy atom. The van der Waals surface area contributed by atoms with Crippen molar-refractivity contribution in [1.82, 2.24) is 9.88 Å². The van der Waals surface area contributed by atoms with Crippen LogP contribution in [0.2, 0.25) is 0 Å². The Labute approximate surface area is 238 Å². The molecule has 208 valence electrons. The van der Waals surface area contributed by atoms with Crippen molar-refractivity contribution in [2.45, 2.75) is 31.3 Å². The number of hydrogen-bond donors (Lipinski definition) is 2. The number of aryl methyl sites for hydroxylation is 1. The Morgan fingerprint density at radius 1 is 1.07 bits per heavy atom. The van der Waals surface area contributed by atoms with Gasteiger partial charge in [0.15, 0.2) is 0 Å². The average Bonchev–Trinajstić information content (AvgIpc) is 3.36. The summed E-state index contributed by atoms with van der Waals surface area (Å²) in [7, 11) is 4.04. The Hall–Kier alpha value is -4.44. The van der Waals surface area contributed by atoms with Crippen LogP contribution in [0.15, 0.2) is 42.5 Å². The number of phenolic OH excluding ortho intramolecular Hbond substituents is 1. The largest absolute Gasteiger partial charge is 0.508 e. The first kappa shape index (κ1) is 26.8. The van der Waals surface area contributed by atoms with Crippen molar-refractivity contribution in [2.24, 2.45) is 5.73 Å². The predicted molar refractivity (Wildman–Crippen MR) is 159 cm³/mol. The van der Waals surface area contributed by atoms with Crippen molar-refractivity contribution in [3.8, 4) is 29.0 Å². The lowest BCUT2D eigenvalue weighted by Gasteiger charge is -2.44. The lowest BCUT2D eigenvalue weighted by atomic mass is 9.88. The third-order valence-corrected chi connectivity index (χ3v) is 8.42. The van der Waals surface area contributed by atoms with Gasteiger partial charge in [0.1, 0.15) is 34.8 Å². The summed E-state index contributed by atoms with van der Waals surface area (Å²) in [6.07, 6.45) is 1.29. The number of nitrogens with zero attached hydrogens (tertiary/aromatic N) is 6. The molecule has 3 aromatic carbocycles. The highest BCUT2D eigenvalue weighted by Crippen LogP contribution is 2.44. The summed E-state index contributed by atoms with van der Waals surface area (Å²) in [6.45, 7) is 2.64. The van der Waals surface area contributed by atoms with Gasteiger partial charge in [0, 0.05) is 61.0 Å². The maximum Gasteiger partial charge on any atom is 0.149 e. The molecule has 6 rings (SSSR count). The van der Waals surface area contributed by atoms with E-state index in [2.05, 4.69) is 21.9 Å². The zero-order chi connectivity index (χ0) is 28.8. The van der Waals surface area contributed by atoms with Crippen LogP contribution in [0.4, 0.5) is 16.0 Å². The van der Waals surface area contributed by atoms with E-state index in [4.69, 9.17) is 10.7 Å². The number of aromatic hydroxyl groups is 1. The third-order valence-electron chi connectivity index (χ3n) is 8.42. The molecule has 4 aromatic rings. The molecule has 0 amide bonds. The molecule has 3 N–H and O–H groups in total. The van der Waals surface area contributed by atoms with Gasteiger partial charge in [0.25, 0.3) is 0 Å². The quantitative estimate of drug-likeness (QED) is 0.361. The van der Waals surface area contributed by atoms with E-state index >= 15 is 4.39 Å². The van der Waals surface area contributed by atoms with Gasteiger partial charge in [-0.05, 0) is 67.0 Å². The molecule has 1 aromatic heterocycles. The van der Waals surface area contributed by atoms with Crippen LogP contribution in [0.25, 0.3) is 32.7 Å². The number of nitrogens with two attached hydrogens (primary N) is 1. The molecule has 41 heavy (non-hydrogen) atoms. The van der Waals surface area contributed by atoms with E-state index in [1.165, 1.54) is 0 Å². The van der Waals surface area contributed by atoms with E-state index in [0.717, 1.165) is 17.2 Å². The Bertz CT molecular complexity index is 1750. The van der Waals surface area contributed by atoms with E-state index in [-0.39, 0.29) is 29.2 Å². The number of rotatable bonds is 6. The Morgan fingerprint density at radius 3 is 2.54 bits per heavy atom. The van der Waals surface area contributed by atoms with E-state index in [1.54, 1.807) is 12.1 Å². The molecule has 0 aliphatic carbocycles. The second kappa shape index (κ2) is 10.5. The maximum absolute atomic E-state index is 17.3. The first-order valence-electron chi connectivity index (χ1n) is 13.9. The van der Waals surface area contributed by atoms with Crippen molar-refractivity contribution in [2.75, 3.05) is 50.1 Å². The van der Waals surface area contributed by atoms with Gasteiger partial charge in [-0.2, -0.15) is 10.5 Å². The number of pyridine rings is 1. The second-order valence-electron chi connectivity index (χ2n) is 11.3. The fourth-order valence-electron chi connectivity index (χ4n) is 6.14. The molecule has 2 saturated heterocycles. The number of hydrogen-bond acceptors (Lipinski definition) is 8. The molecule has 8 nitrogen and oxygen atoms in total. The van der Waals surface area contributed by atoms with Crippen LogP contribution in [0, 0.1) is 28.5 Å². The lowest BCUT2D eigenvalue weighted by Crippen LogP contribution is -2.58. The number of likely N-dealkylation sites (N-methyl/N-ethyl adjacent to an activating group) is 1. The summed E-state index contributed by atoms with van der Waals surface area (Å²) in [5.74, 6) is 0.562. The van der Waals surface area contributed by atoms with Crippen LogP contribution in [0.1, 0.15) is 24.0 Å². The monoisotopic (exact) mass is 549 g/mol. The summed E-state index contributed by atoms with van der Waals surface area (Å²) in [5.41, 5.74) is 7.92. The molecular weight excluding hydrogens is 517 g/mol. The minimum atomic E-state index is -0.541. The second-order valence-corrected chi connectivity index (χ2v) is 11.3. The summed E-state index contributed by atoms with van der Waals surface area (Å²) in [4.78, 5) is 11.3. The molecule has 1 atom stereocenters. The summed E-state index contributed by atoms with van der Waals surface area (Å²) in [6, 6.07) is 17.4. The topological polar surface area (TPSA) is 116 Å². The maximum atomic E-state index is 17.3. The molecule has 0 spiro atoms. The number of benzene rings is 3. The van der Waals surface area contributed by atoms with Crippen LogP contribution >= 0.6 is 0 Å². The number of aromatic nitrogens is 1. The van der Waals surface area contributed by atoms with Gasteiger partial charge in [0.2, 0.25) is 0 Å².